The molecule has 144 valence electrons. The molecular formula is C20H22ClNO5. The Hall–Kier alpha value is -2.73. The third kappa shape index (κ3) is 5.37. The van der Waals surface area contributed by atoms with Gasteiger partial charge in [0.1, 0.15) is 17.1 Å². The van der Waals surface area contributed by atoms with Gasteiger partial charge in [-0.15, -0.1) is 0 Å². The minimum absolute atomic E-state index is 0.178. The Balaban J connectivity index is 2.10. The second-order valence-electron chi connectivity index (χ2n) is 5.86. The average Bonchev–Trinajstić information content (AvgIpc) is 2.64. The van der Waals surface area contributed by atoms with Gasteiger partial charge in [0.25, 0.3) is 5.91 Å². The molecule has 0 atom stereocenters. The Morgan fingerprint density at radius 2 is 1.85 bits per heavy atom. The zero-order valence-corrected chi connectivity index (χ0v) is 16.5. The van der Waals surface area contributed by atoms with Gasteiger partial charge in [-0.2, -0.15) is 0 Å². The van der Waals surface area contributed by atoms with E-state index in [1.165, 1.54) is 19.2 Å². The number of aryl methyl sites for hydroxylation is 2. The molecule has 0 saturated heterocycles. The number of nitrogens with one attached hydrogen (secondary N) is 1. The molecule has 0 spiro atoms. The maximum Gasteiger partial charge on any atom is 0.341 e. The Morgan fingerprint density at radius 3 is 2.52 bits per heavy atom. The van der Waals surface area contributed by atoms with Crippen molar-refractivity contribution in [3.05, 3.63) is 52.0 Å². The third-order valence-corrected chi connectivity index (χ3v) is 4.07. The van der Waals surface area contributed by atoms with Crippen molar-refractivity contribution in [2.45, 2.75) is 20.8 Å². The van der Waals surface area contributed by atoms with Crippen molar-refractivity contribution in [1.82, 2.24) is 0 Å². The van der Waals surface area contributed by atoms with E-state index < -0.39 is 5.97 Å². The van der Waals surface area contributed by atoms with Gasteiger partial charge in [0, 0.05) is 6.07 Å². The fourth-order valence-corrected chi connectivity index (χ4v) is 2.59. The molecule has 1 amide bonds. The van der Waals surface area contributed by atoms with Gasteiger partial charge < -0.3 is 19.5 Å². The number of benzene rings is 2. The number of carbonyl (C=O) groups excluding carboxylic acids is 2. The van der Waals surface area contributed by atoms with Crippen LogP contribution in [0.2, 0.25) is 5.02 Å². The first-order chi connectivity index (χ1) is 12.8. The largest absolute Gasteiger partial charge is 0.496 e. The van der Waals surface area contributed by atoms with Crippen molar-refractivity contribution in [3.8, 4) is 11.5 Å². The van der Waals surface area contributed by atoms with Crippen LogP contribution < -0.4 is 14.8 Å². The van der Waals surface area contributed by atoms with Gasteiger partial charge in [-0.25, -0.2) is 4.79 Å². The summed E-state index contributed by atoms with van der Waals surface area (Å²) in [5.74, 6) is -0.0359. The van der Waals surface area contributed by atoms with Gasteiger partial charge in [-0.05, 0) is 44.0 Å². The zero-order chi connectivity index (χ0) is 20.0. The zero-order valence-electron chi connectivity index (χ0n) is 15.7. The number of amides is 1. The highest BCUT2D eigenvalue weighted by atomic mass is 35.5. The highest BCUT2D eigenvalue weighted by Gasteiger charge is 2.18. The molecule has 6 nitrogen and oxygen atoms in total. The van der Waals surface area contributed by atoms with Gasteiger partial charge in [0.05, 0.1) is 24.4 Å². The maximum absolute atomic E-state index is 12.2. The van der Waals surface area contributed by atoms with Crippen LogP contribution in [0.5, 0.6) is 11.5 Å². The quantitative estimate of drug-likeness (QED) is 0.717. The normalized spacial score (nSPS) is 10.3. The molecule has 0 heterocycles. The van der Waals surface area contributed by atoms with Crippen LogP contribution in [-0.2, 0) is 9.53 Å². The standard InChI is InChI=1S/C20H22ClNO5/c1-5-26-20(24)14-9-15(21)16(10-18(14)25-4)22-19(23)11-27-17-8-12(2)6-7-13(17)3/h6-10H,5,11H2,1-4H3,(H,22,23). The number of carbonyl (C=O) groups is 2. The fraction of sp³-hybridized carbons (Fsp3) is 0.300. The van der Waals surface area contributed by atoms with E-state index >= 15 is 0 Å². The Bertz CT molecular complexity index is 851. The molecule has 0 bridgehead atoms. The lowest BCUT2D eigenvalue weighted by molar-refractivity contribution is -0.118. The summed E-state index contributed by atoms with van der Waals surface area (Å²) in [6.07, 6.45) is 0. The molecule has 27 heavy (non-hydrogen) atoms. The van der Waals surface area contributed by atoms with Crippen molar-refractivity contribution in [3.63, 3.8) is 0 Å². The third-order valence-electron chi connectivity index (χ3n) is 3.76. The molecule has 0 aliphatic heterocycles. The molecule has 2 aromatic carbocycles. The van der Waals surface area contributed by atoms with Gasteiger partial charge in [0.2, 0.25) is 0 Å². The van der Waals surface area contributed by atoms with E-state index in [0.29, 0.717) is 11.4 Å². The molecule has 0 aromatic heterocycles. The number of ether oxygens (including phenoxy) is 3. The van der Waals surface area contributed by atoms with E-state index in [1.54, 1.807) is 6.92 Å². The molecule has 1 N–H and O–H groups in total. The predicted octanol–water partition coefficient (Wildman–Crippen LogP) is 4.16. The minimum atomic E-state index is -0.549. The molecule has 2 aromatic rings. The number of rotatable bonds is 7. The van der Waals surface area contributed by atoms with Crippen LogP contribution in [0.15, 0.2) is 30.3 Å². The van der Waals surface area contributed by atoms with Crippen LogP contribution in [-0.4, -0.2) is 32.2 Å². The van der Waals surface area contributed by atoms with E-state index in [4.69, 9.17) is 25.8 Å². The summed E-state index contributed by atoms with van der Waals surface area (Å²) in [4.78, 5) is 24.2. The van der Waals surface area contributed by atoms with Crippen molar-refractivity contribution in [1.29, 1.82) is 0 Å². The average molecular weight is 392 g/mol. The molecule has 0 fully saturated rings. The van der Waals surface area contributed by atoms with E-state index in [2.05, 4.69) is 5.32 Å². The van der Waals surface area contributed by atoms with E-state index in [9.17, 15) is 9.59 Å². The summed E-state index contributed by atoms with van der Waals surface area (Å²) < 4.78 is 15.8. The smallest absolute Gasteiger partial charge is 0.341 e. The lowest BCUT2D eigenvalue weighted by Gasteiger charge is -2.14. The van der Waals surface area contributed by atoms with E-state index in [1.807, 2.05) is 32.0 Å². The van der Waals surface area contributed by atoms with Crippen molar-refractivity contribution < 1.29 is 23.8 Å². The molecule has 7 heteroatoms. The van der Waals surface area contributed by atoms with Gasteiger partial charge in [-0.1, -0.05) is 23.7 Å². The van der Waals surface area contributed by atoms with Crippen molar-refractivity contribution in [2.24, 2.45) is 0 Å². The predicted molar refractivity (Wildman–Crippen MR) is 104 cm³/mol. The number of anilines is 1. The van der Waals surface area contributed by atoms with E-state index in [0.717, 1.165) is 11.1 Å². The van der Waals surface area contributed by atoms with E-state index in [-0.39, 0.29) is 35.5 Å². The Morgan fingerprint density at radius 1 is 1.11 bits per heavy atom. The van der Waals surface area contributed by atoms with Crippen LogP contribution in [0.3, 0.4) is 0 Å². The van der Waals surface area contributed by atoms with Crippen LogP contribution >= 0.6 is 11.6 Å². The maximum atomic E-state index is 12.2. The summed E-state index contributed by atoms with van der Waals surface area (Å²) in [6, 6.07) is 8.65. The monoisotopic (exact) mass is 391 g/mol. The first-order valence-corrected chi connectivity index (χ1v) is 8.78. The first-order valence-electron chi connectivity index (χ1n) is 8.40. The van der Waals surface area contributed by atoms with Crippen molar-refractivity contribution >= 4 is 29.2 Å². The summed E-state index contributed by atoms with van der Waals surface area (Å²) in [7, 11) is 1.42. The van der Waals surface area contributed by atoms with Gasteiger partial charge in [0.15, 0.2) is 6.61 Å². The van der Waals surface area contributed by atoms with Crippen LogP contribution in [0.1, 0.15) is 28.4 Å². The van der Waals surface area contributed by atoms with Gasteiger partial charge >= 0.3 is 5.97 Å². The number of methoxy groups -OCH3 is 1. The number of halogens is 1. The molecule has 2 rings (SSSR count). The lowest BCUT2D eigenvalue weighted by Crippen LogP contribution is -2.21. The van der Waals surface area contributed by atoms with Crippen molar-refractivity contribution in [2.75, 3.05) is 25.6 Å². The van der Waals surface area contributed by atoms with Crippen LogP contribution in [0, 0.1) is 13.8 Å². The molecule has 0 unspecified atom stereocenters. The first kappa shape index (κ1) is 20.6. The summed E-state index contributed by atoms with van der Waals surface area (Å²) in [6.45, 7) is 5.61. The lowest BCUT2D eigenvalue weighted by atomic mass is 10.1. The fourth-order valence-electron chi connectivity index (χ4n) is 2.38. The highest BCUT2D eigenvalue weighted by Crippen LogP contribution is 2.31. The molecule has 0 radical (unpaired) electrons. The molecule has 0 aliphatic rings. The van der Waals surface area contributed by atoms with Crippen LogP contribution in [0.4, 0.5) is 5.69 Å². The second-order valence-corrected chi connectivity index (χ2v) is 6.27. The van der Waals surface area contributed by atoms with Crippen LogP contribution in [0.25, 0.3) is 0 Å². The molecule has 0 aliphatic carbocycles. The Kier molecular flexibility index (Phi) is 7.07. The Labute approximate surface area is 163 Å². The second kappa shape index (κ2) is 9.28. The molecule has 0 saturated carbocycles. The number of esters is 1. The highest BCUT2D eigenvalue weighted by molar-refractivity contribution is 6.34. The summed E-state index contributed by atoms with van der Waals surface area (Å²) >= 11 is 6.19. The summed E-state index contributed by atoms with van der Waals surface area (Å²) in [5, 5.41) is 2.85. The number of hydrogen-bond acceptors (Lipinski definition) is 5. The van der Waals surface area contributed by atoms with Gasteiger partial charge in [-0.3, -0.25) is 4.79 Å². The molecular weight excluding hydrogens is 370 g/mol. The minimum Gasteiger partial charge on any atom is -0.496 e. The summed E-state index contributed by atoms with van der Waals surface area (Å²) in [5.41, 5.74) is 2.48. The topological polar surface area (TPSA) is 73.9 Å². The SMILES string of the molecule is CCOC(=O)c1cc(Cl)c(NC(=O)COc2cc(C)ccc2C)cc1OC. The number of hydrogen-bond donors (Lipinski definition) is 1.